The van der Waals surface area contributed by atoms with Crippen LogP contribution in [0.3, 0.4) is 0 Å². The second-order valence-electron chi connectivity index (χ2n) is 4.29. The van der Waals surface area contributed by atoms with Crippen molar-refractivity contribution in [2.45, 2.75) is 6.54 Å². The summed E-state index contributed by atoms with van der Waals surface area (Å²) in [6.07, 6.45) is 3.42. The number of carbonyl (C=O) groups excluding carboxylic acids is 1. The molecule has 0 radical (unpaired) electrons. The fourth-order valence-corrected chi connectivity index (χ4v) is 2.71. The lowest BCUT2D eigenvalue weighted by molar-refractivity contribution is 0.0972. The molecule has 0 N–H and O–H groups in total. The third-order valence-electron chi connectivity index (χ3n) is 2.92. The summed E-state index contributed by atoms with van der Waals surface area (Å²) in [4.78, 5) is 17.4. The molecule has 0 aliphatic heterocycles. The molecule has 0 saturated heterocycles. The molecule has 0 aliphatic rings. The van der Waals surface area contributed by atoms with Crippen LogP contribution < -0.4 is 0 Å². The molecule has 0 aliphatic carbocycles. The number of Topliss-reactive ketones (excluding diaryl/α,β-unsaturated/α-hetero) is 1. The monoisotopic (exact) mass is 286 g/mol. The van der Waals surface area contributed by atoms with Gasteiger partial charge in [0, 0.05) is 18.0 Å². The van der Waals surface area contributed by atoms with E-state index in [-0.39, 0.29) is 12.3 Å². The Kier molecular flexibility index (Phi) is 3.43. The fraction of sp³-hybridized carbons (Fsp3) is 0.0667. The topological polar surface area (TPSA) is 34.9 Å². The SMILES string of the molecule is O=C(Cn1ccnc1-c1cccs1)c1cccc(F)c1. The van der Waals surface area contributed by atoms with Gasteiger partial charge in [0.2, 0.25) is 0 Å². The van der Waals surface area contributed by atoms with Crippen LogP contribution in [0.25, 0.3) is 10.7 Å². The predicted molar refractivity (Wildman–Crippen MR) is 76.3 cm³/mol. The number of rotatable bonds is 4. The average molecular weight is 286 g/mol. The minimum Gasteiger partial charge on any atom is -0.323 e. The van der Waals surface area contributed by atoms with Crippen molar-refractivity contribution in [3.05, 3.63) is 65.6 Å². The summed E-state index contributed by atoms with van der Waals surface area (Å²) in [7, 11) is 0. The van der Waals surface area contributed by atoms with E-state index in [0.717, 1.165) is 10.7 Å². The highest BCUT2D eigenvalue weighted by Crippen LogP contribution is 2.23. The number of aromatic nitrogens is 2. The fourth-order valence-electron chi connectivity index (χ4n) is 1.98. The maximum absolute atomic E-state index is 13.1. The van der Waals surface area contributed by atoms with Crippen molar-refractivity contribution in [3.8, 4) is 10.7 Å². The summed E-state index contributed by atoms with van der Waals surface area (Å²) in [6, 6.07) is 9.63. The molecule has 3 aromatic rings. The zero-order chi connectivity index (χ0) is 13.9. The molecular formula is C15H11FN2OS. The third kappa shape index (κ3) is 2.53. The molecule has 0 saturated carbocycles. The van der Waals surface area contributed by atoms with Gasteiger partial charge >= 0.3 is 0 Å². The molecule has 2 aromatic heterocycles. The van der Waals surface area contributed by atoms with Crippen molar-refractivity contribution in [2.24, 2.45) is 0 Å². The van der Waals surface area contributed by atoms with E-state index >= 15 is 0 Å². The second-order valence-corrected chi connectivity index (χ2v) is 5.24. The van der Waals surface area contributed by atoms with Gasteiger partial charge < -0.3 is 4.57 Å². The Morgan fingerprint density at radius 2 is 2.20 bits per heavy atom. The van der Waals surface area contributed by atoms with Crippen molar-refractivity contribution >= 4 is 17.1 Å². The van der Waals surface area contributed by atoms with Crippen LogP contribution in [-0.2, 0) is 6.54 Å². The number of nitrogens with zero attached hydrogens (tertiary/aromatic N) is 2. The Bertz CT molecular complexity index is 734. The first kappa shape index (κ1) is 12.7. The molecule has 2 heterocycles. The smallest absolute Gasteiger partial charge is 0.182 e. The third-order valence-corrected chi connectivity index (χ3v) is 3.78. The van der Waals surface area contributed by atoms with Crippen molar-refractivity contribution in [1.29, 1.82) is 0 Å². The van der Waals surface area contributed by atoms with Crippen LogP contribution in [0.15, 0.2) is 54.2 Å². The normalized spacial score (nSPS) is 10.7. The number of hydrogen-bond acceptors (Lipinski definition) is 3. The van der Waals surface area contributed by atoms with Gasteiger partial charge in [0.25, 0.3) is 0 Å². The lowest BCUT2D eigenvalue weighted by Crippen LogP contribution is -2.10. The van der Waals surface area contributed by atoms with E-state index in [1.807, 2.05) is 17.5 Å². The van der Waals surface area contributed by atoms with Gasteiger partial charge in [0.05, 0.1) is 11.4 Å². The number of ketones is 1. The molecular weight excluding hydrogens is 275 g/mol. The van der Waals surface area contributed by atoms with Crippen LogP contribution in [0.5, 0.6) is 0 Å². The van der Waals surface area contributed by atoms with Gasteiger partial charge in [-0.05, 0) is 23.6 Å². The highest BCUT2D eigenvalue weighted by Gasteiger charge is 2.12. The number of hydrogen-bond donors (Lipinski definition) is 0. The summed E-state index contributed by atoms with van der Waals surface area (Å²) >= 11 is 1.57. The summed E-state index contributed by atoms with van der Waals surface area (Å²) in [6.45, 7) is 0.149. The number of halogens is 1. The average Bonchev–Trinajstić information content (AvgIpc) is 3.08. The maximum atomic E-state index is 13.1. The van der Waals surface area contributed by atoms with E-state index in [2.05, 4.69) is 4.98 Å². The zero-order valence-corrected chi connectivity index (χ0v) is 11.3. The molecule has 3 nitrogen and oxygen atoms in total. The quantitative estimate of drug-likeness (QED) is 0.686. The van der Waals surface area contributed by atoms with Crippen molar-refractivity contribution in [3.63, 3.8) is 0 Å². The summed E-state index contributed by atoms with van der Waals surface area (Å²) in [5.41, 5.74) is 0.371. The van der Waals surface area contributed by atoms with Gasteiger partial charge in [0.15, 0.2) is 5.78 Å². The summed E-state index contributed by atoms with van der Waals surface area (Å²) in [5.74, 6) is 0.213. The van der Waals surface area contributed by atoms with Gasteiger partial charge in [-0.25, -0.2) is 9.37 Å². The van der Waals surface area contributed by atoms with Crippen molar-refractivity contribution in [2.75, 3.05) is 0 Å². The maximum Gasteiger partial charge on any atom is 0.182 e. The number of thiophene rings is 1. The van der Waals surface area contributed by atoms with Crippen LogP contribution in [0.2, 0.25) is 0 Å². The molecule has 20 heavy (non-hydrogen) atoms. The standard InChI is InChI=1S/C15H11FN2OS/c16-12-4-1-3-11(9-12)13(19)10-18-7-6-17-15(18)14-5-2-8-20-14/h1-9H,10H2. The summed E-state index contributed by atoms with van der Waals surface area (Å²) in [5, 5.41) is 1.96. The van der Waals surface area contributed by atoms with Gasteiger partial charge in [0.1, 0.15) is 11.6 Å². The molecule has 100 valence electrons. The zero-order valence-electron chi connectivity index (χ0n) is 10.5. The second kappa shape index (κ2) is 5.38. The first-order valence-electron chi connectivity index (χ1n) is 6.08. The Hall–Kier alpha value is -2.27. The molecule has 0 atom stereocenters. The Balaban J connectivity index is 1.86. The van der Waals surface area contributed by atoms with E-state index < -0.39 is 5.82 Å². The van der Waals surface area contributed by atoms with E-state index in [1.165, 1.54) is 18.2 Å². The van der Waals surface area contributed by atoms with Crippen LogP contribution in [0.4, 0.5) is 4.39 Å². The molecule has 0 fully saturated rings. The lowest BCUT2D eigenvalue weighted by Gasteiger charge is -2.06. The number of imidazole rings is 1. The first-order chi connectivity index (χ1) is 9.74. The first-order valence-corrected chi connectivity index (χ1v) is 6.96. The van der Waals surface area contributed by atoms with Gasteiger partial charge in [-0.15, -0.1) is 11.3 Å². The number of carbonyl (C=O) groups is 1. The largest absolute Gasteiger partial charge is 0.323 e. The molecule has 0 spiro atoms. The predicted octanol–water partition coefficient (Wildman–Crippen LogP) is 3.63. The molecule has 5 heteroatoms. The van der Waals surface area contributed by atoms with E-state index in [4.69, 9.17) is 0 Å². The van der Waals surface area contributed by atoms with Gasteiger partial charge in [-0.1, -0.05) is 18.2 Å². The molecule has 0 amide bonds. The van der Waals surface area contributed by atoms with Crippen LogP contribution in [0, 0.1) is 5.82 Å². The molecule has 0 unspecified atom stereocenters. The van der Waals surface area contributed by atoms with Crippen LogP contribution in [0.1, 0.15) is 10.4 Å². The molecule has 3 rings (SSSR count). The summed E-state index contributed by atoms with van der Waals surface area (Å²) < 4.78 is 14.9. The van der Waals surface area contributed by atoms with E-state index in [9.17, 15) is 9.18 Å². The van der Waals surface area contributed by atoms with Crippen LogP contribution in [-0.4, -0.2) is 15.3 Å². The highest BCUT2D eigenvalue weighted by atomic mass is 32.1. The molecule has 1 aromatic carbocycles. The number of benzene rings is 1. The van der Waals surface area contributed by atoms with Gasteiger partial charge in [-0.3, -0.25) is 4.79 Å². The van der Waals surface area contributed by atoms with Gasteiger partial charge in [-0.2, -0.15) is 0 Å². The molecule has 0 bridgehead atoms. The lowest BCUT2D eigenvalue weighted by atomic mass is 10.1. The highest BCUT2D eigenvalue weighted by molar-refractivity contribution is 7.13. The van der Waals surface area contributed by atoms with Crippen LogP contribution >= 0.6 is 11.3 Å². The van der Waals surface area contributed by atoms with Crippen molar-refractivity contribution < 1.29 is 9.18 Å². The van der Waals surface area contributed by atoms with E-state index in [0.29, 0.717) is 5.56 Å². The van der Waals surface area contributed by atoms with Crippen molar-refractivity contribution in [1.82, 2.24) is 9.55 Å². The minimum absolute atomic E-state index is 0.139. The van der Waals surface area contributed by atoms with E-state index in [1.54, 1.807) is 34.4 Å². The Labute approximate surface area is 119 Å². The Morgan fingerprint density at radius 1 is 1.30 bits per heavy atom. The minimum atomic E-state index is -0.403. The Morgan fingerprint density at radius 3 is 2.95 bits per heavy atom.